The molecule has 1 aromatic rings. The lowest BCUT2D eigenvalue weighted by Gasteiger charge is -2.32. The third-order valence-corrected chi connectivity index (χ3v) is 9.45. The van der Waals surface area contributed by atoms with Crippen LogP contribution in [-0.2, 0) is 38.7 Å². The first kappa shape index (κ1) is 33.0. The molecule has 2 atom stereocenters. The van der Waals surface area contributed by atoms with Crippen LogP contribution in [0.2, 0.25) is 0 Å². The van der Waals surface area contributed by atoms with Crippen molar-refractivity contribution < 1.29 is 41.9 Å². The van der Waals surface area contributed by atoms with Crippen LogP contribution in [0.5, 0.6) is 0 Å². The monoisotopic (exact) mass is 621 g/mol. The van der Waals surface area contributed by atoms with Gasteiger partial charge < -0.3 is 14.4 Å². The standard InChI is InChI=1S/C28H35N3O9S2/c1-16(2)39-26(35)22(23(33)20-13-10-18(14-21(20)32)40-27(36)30(6)7)31(25(34)24-29-28(4,5)15-41-24)42(37,38)19-11-8-17(3)9-12-19/h8-13,16,22,24,29H,14-15H2,1-7H3/t22-,24-/m0/s1. The zero-order valence-electron chi connectivity index (χ0n) is 24.5. The lowest BCUT2D eigenvalue weighted by Crippen LogP contribution is -2.58. The molecule has 14 heteroatoms. The molecule has 1 aromatic carbocycles. The smallest absolute Gasteiger partial charge is 0.414 e. The molecule has 1 heterocycles. The predicted molar refractivity (Wildman–Crippen MR) is 155 cm³/mol. The van der Waals surface area contributed by atoms with Gasteiger partial charge in [0.05, 0.1) is 23.0 Å². The van der Waals surface area contributed by atoms with Crippen LogP contribution in [0.4, 0.5) is 4.79 Å². The van der Waals surface area contributed by atoms with Crippen LogP contribution in [0, 0.1) is 6.92 Å². The molecule has 1 N–H and O–H groups in total. The number of nitrogens with one attached hydrogen (secondary N) is 1. The number of thioether (sulfide) groups is 1. The molecule has 42 heavy (non-hydrogen) atoms. The Morgan fingerprint density at radius 3 is 2.19 bits per heavy atom. The number of ether oxygens (including phenoxy) is 2. The van der Waals surface area contributed by atoms with Crippen molar-refractivity contribution in [3.05, 3.63) is 53.3 Å². The summed E-state index contributed by atoms with van der Waals surface area (Å²) in [4.78, 5) is 67.3. The maximum absolute atomic E-state index is 14.1. The largest absolute Gasteiger partial charge is 0.461 e. The molecule has 1 aliphatic carbocycles. The fourth-order valence-corrected chi connectivity index (χ4v) is 6.92. The summed E-state index contributed by atoms with van der Waals surface area (Å²) in [6.07, 6.45) is 0.211. The Kier molecular flexibility index (Phi) is 10.1. The summed E-state index contributed by atoms with van der Waals surface area (Å²) < 4.78 is 38.8. The van der Waals surface area contributed by atoms with Crippen LogP contribution in [0.1, 0.15) is 39.7 Å². The molecule has 0 spiro atoms. The van der Waals surface area contributed by atoms with Crippen molar-refractivity contribution in [2.45, 2.75) is 69.0 Å². The van der Waals surface area contributed by atoms with E-state index in [0.29, 0.717) is 5.75 Å². The minimum absolute atomic E-state index is 0.0504. The first-order chi connectivity index (χ1) is 19.4. The molecule has 2 amide bonds. The van der Waals surface area contributed by atoms with Gasteiger partial charge in [0.25, 0.3) is 15.9 Å². The molecular weight excluding hydrogens is 586 g/mol. The molecule has 3 rings (SSSR count). The van der Waals surface area contributed by atoms with Crippen molar-refractivity contribution in [3.63, 3.8) is 0 Å². The van der Waals surface area contributed by atoms with E-state index < -0.39 is 74.6 Å². The van der Waals surface area contributed by atoms with Gasteiger partial charge in [-0.05, 0) is 58.9 Å². The normalized spacial score (nSPS) is 19.0. The van der Waals surface area contributed by atoms with E-state index in [9.17, 15) is 32.4 Å². The van der Waals surface area contributed by atoms with Crippen LogP contribution >= 0.6 is 11.8 Å². The van der Waals surface area contributed by atoms with E-state index in [1.807, 2.05) is 13.8 Å². The van der Waals surface area contributed by atoms with Crippen molar-refractivity contribution in [1.29, 1.82) is 0 Å². The van der Waals surface area contributed by atoms with E-state index in [-0.39, 0.29) is 15.0 Å². The van der Waals surface area contributed by atoms with Crippen molar-refractivity contribution in [3.8, 4) is 0 Å². The molecule has 0 aromatic heterocycles. The van der Waals surface area contributed by atoms with Gasteiger partial charge in [-0.2, -0.15) is 0 Å². The molecule has 1 saturated heterocycles. The van der Waals surface area contributed by atoms with Gasteiger partial charge >= 0.3 is 12.1 Å². The molecule has 12 nitrogen and oxygen atoms in total. The third kappa shape index (κ3) is 7.47. The minimum atomic E-state index is -4.83. The van der Waals surface area contributed by atoms with E-state index >= 15 is 0 Å². The third-order valence-electron chi connectivity index (χ3n) is 6.13. The molecule has 228 valence electrons. The molecule has 1 aliphatic heterocycles. The second-order valence-corrected chi connectivity index (χ2v) is 13.9. The second-order valence-electron chi connectivity index (χ2n) is 11.0. The summed E-state index contributed by atoms with van der Waals surface area (Å²) >= 11 is 1.12. The summed E-state index contributed by atoms with van der Waals surface area (Å²) in [6.45, 7) is 8.37. The number of nitrogens with zero attached hydrogens (tertiary/aromatic N) is 2. The number of ketones is 2. The molecule has 0 radical (unpaired) electrons. The van der Waals surface area contributed by atoms with E-state index in [1.54, 1.807) is 6.92 Å². The van der Waals surface area contributed by atoms with E-state index in [2.05, 4.69) is 5.32 Å². The lowest BCUT2D eigenvalue weighted by molar-refractivity contribution is -0.157. The number of amides is 2. The topological polar surface area (TPSA) is 156 Å². The number of hydrogen-bond donors (Lipinski definition) is 1. The number of benzene rings is 1. The van der Waals surface area contributed by atoms with Crippen molar-refractivity contribution in [2.24, 2.45) is 0 Å². The van der Waals surface area contributed by atoms with Gasteiger partial charge in [0.2, 0.25) is 11.8 Å². The predicted octanol–water partition coefficient (Wildman–Crippen LogP) is 2.32. The Balaban J connectivity index is 2.16. The molecule has 1 fully saturated rings. The maximum Gasteiger partial charge on any atom is 0.414 e. The summed E-state index contributed by atoms with van der Waals surface area (Å²) in [5, 5.41) is 1.92. The Labute approximate surface area is 249 Å². The summed E-state index contributed by atoms with van der Waals surface area (Å²) in [5.74, 6) is -4.06. The quantitative estimate of drug-likeness (QED) is 0.245. The van der Waals surface area contributed by atoms with Crippen LogP contribution in [0.25, 0.3) is 0 Å². The van der Waals surface area contributed by atoms with E-state index in [4.69, 9.17) is 9.47 Å². The minimum Gasteiger partial charge on any atom is -0.461 e. The lowest BCUT2D eigenvalue weighted by atomic mass is 9.94. The molecule has 0 unspecified atom stereocenters. The average Bonchev–Trinajstić information content (AvgIpc) is 3.25. The fourth-order valence-electron chi connectivity index (χ4n) is 4.01. The highest BCUT2D eigenvalue weighted by Gasteiger charge is 2.50. The van der Waals surface area contributed by atoms with Gasteiger partial charge in [0.1, 0.15) is 11.1 Å². The summed E-state index contributed by atoms with van der Waals surface area (Å²) in [5.41, 5.74) is -0.353. The van der Waals surface area contributed by atoms with Gasteiger partial charge in [0, 0.05) is 25.4 Å². The van der Waals surface area contributed by atoms with Gasteiger partial charge in [-0.25, -0.2) is 22.3 Å². The van der Waals surface area contributed by atoms with Crippen LogP contribution in [0.3, 0.4) is 0 Å². The first-order valence-corrected chi connectivity index (χ1v) is 15.6. The van der Waals surface area contributed by atoms with Crippen molar-refractivity contribution >= 4 is 51.3 Å². The summed E-state index contributed by atoms with van der Waals surface area (Å²) in [7, 11) is -1.94. The Morgan fingerprint density at radius 2 is 1.69 bits per heavy atom. The number of carbonyl (C=O) groups is 5. The average molecular weight is 622 g/mol. The number of carbonyl (C=O) groups excluding carboxylic acids is 5. The Hall–Kier alpha value is -3.49. The number of Topliss-reactive ketones (excluding diaryl/α,β-unsaturated/α-hetero) is 2. The van der Waals surface area contributed by atoms with Gasteiger partial charge in [0.15, 0.2) is 5.78 Å². The molecule has 2 aliphatic rings. The van der Waals surface area contributed by atoms with Crippen LogP contribution in [0.15, 0.2) is 52.6 Å². The number of rotatable bonds is 9. The van der Waals surface area contributed by atoms with E-state index in [0.717, 1.165) is 28.3 Å². The highest BCUT2D eigenvalue weighted by Crippen LogP contribution is 2.32. The highest BCUT2D eigenvalue weighted by atomic mass is 32.2. The highest BCUT2D eigenvalue weighted by molar-refractivity contribution is 8.01. The second kappa shape index (κ2) is 12.8. The Morgan fingerprint density at radius 1 is 1.07 bits per heavy atom. The molecule has 0 saturated carbocycles. The zero-order chi connectivity index (χ0) is 31.6. The fraction of sp³-hybridized carbons (Fsp3) is 0.464. The van der Waals surface area contributed by atoms with E-state index in [1.165, 1.54) is 58.3 Å². The van der Waals surface area contributed by atoms with Crippen LogP contribution < -0.4 is 5.32 Å². The van der Waals surface area contributed by atoms with Crippen molar-refractivity contribution in [1.82, 2.24) is 14.5 Å². The summed E-state index contributed by atoms with van der Waals surface area (Å²) in [6, 6.07) is 3.21. The molecular formula is C28H35N3O9S2. The number of sulfonamides is 1. The van der Waals surface area contributed by atoms with Gasteiger partial charge in [-0.15, -0.1) is 11.8 Å². The number of aryl methyl sites for hydroxylation is 1. The molecule has 0 bridgehead atoms. The van der Waals surface area contributed by atoms with Crippen molar-refractivity contribution in [2.75, 3.05) is 19.8 Å². The number of allylic oxidation sites excluding steroid dienone is 3. The van der Waals surface area contributed by atoms with Gasteiger partial charge in [-0.3, -0.25) is 19.7 Å². The number of hydrogen-bond acceptors (Lipinski definition) is 11. The maximum atomic E-state index is 14.1. The number of esters is 1. The Bertz CT molecular complexity index is 1450. The zero-order valence-corrected chi connectivity index (χ0v) is 26.1. The van der Waals surface area contributed by atoms with Crippen LogP contribution in [-0.4, -0.2) is 90.1 Å². The van der Waals surface area contributed by atoms with Gasteiger partial charge in [-0.1, -0.05) is 17.7 Å². The first-order valence-electron chi connectivity index (χ1n) is 13.1. The SMILES string of the molecule is Cc1ccc(S(=O)(=O)N(C(=O)[C@H]2NC(C)(C)CS2)[C@H](C(=O)OC(C)C)C(=O)C2=CC=C(OC(=O)N(C)C)CC2=O)cc1.